The number of carboxylic acid groups (broad SMARTS) is 1. The van der Waals surface area contributed by atoms with Crippen LogP contribution in [0.1, 0.15) is 21.9 Å². The van der Waals surface area contributed by atoms with Crippen molar-refractivity contribution >= 4 is 11.5 Å². The summed E-state index contributed by atoms with van der Waals surface area (Å²) in [5, 5.41) is 9.19. The van der Waals surface area contributed by atoms with E-state index in [0.29, 0.717) is 11.9 Å². The van der Waals surface area contributed by atoms with E-state index in [1.165, 1.54) is 0 Å². The highest BCUT2D eigenvalue weighted by Gasteiger charge is 2.15. The quantitative estimate of drug-likeness (QED) is 0.779. The summed E-state index contributed by atoms with van der Waals surface area (Å²) in [5.41, 5.74) is 1.84. The molecule has 0 aliphatic rings. The molecule has 19 heavy (non-hydrogen) atoms. The minimum atomic E-state index is -0.997. The van der Waals surface area contributed by atoms with Crippen LogP contribution in [0.4, 0.5) is 0 Å². The number of rotatable bonds is 3. The number of nitrogens with zero attached hydrogens (tertiary/aromatic N) is 2. The summed E-state index contributed by atoms with van der Waals surface area (Å²) >= 11 is 0. The molecule has 0 aliphatic carbocycles. The molecule has 0 radical (unpaired) electrons. The third-order valence-corrected chi connectivity index (χ3v) is 3.03. The van der Waals surface area contributed by atoms with Crippen molar-refractivity contribution in [3.63, 3.8) is 0 Å². The van der Waals surface area contributed by atoms with Crippen LogP contribution in [0.2, 0.25) is 0 Å². The molecular weight excluding hydrogens is 240 g/mol. The highest BCUT2D eigenvalue weighted by atomic mass is 16.4. The summed E-state index contributed by atoms with van der Waals surface area (Å²) in [6, 6.07) is 15.3. The largest absolute Gasteiger partial charge is 0.476 e. The SMILES string of the molecule is O=C(O)c1nc(Cc2ccccc2)n2ccccc12. The fourth-order valence-electron chi connectivity index (χ4n) is 2.16. The zero-order valence-electron chi connectivity index (χ0n) is 10.2. The molecule has 0 unspecified atom stereocenters. The van der Waals surface area contributed by atoms with Gasteiger partial charge in [0.2, 0.25) is 0 Å². The van der Waals surface area contributed by atoms with Crippen molar-refractivity contribution in [3.05, 3.63) is 71.8 Å². The number of hydrogen-bond donors (Lipinski definition) is 1. The monoisotopic (exact) mass is 252 g/mol. The maximum atomic E-state index is 11.2. The van der Waals surface area contributed by atoms with Gasteiger partial charge in [0.05, 0.1) is 5.52 Å². The number of pyridine rings is 1. The summed E-state index contributed by atoms with van der Waals surface area (Å²) in [6.07, 6.45) is 2.45. The zero-order chi connectivity index (χ0) is 13.2. The lowest BCUT2D eigenvalue weighted by atomic mass is 10.1. The van der Waals surface area contributed by atoms with E-state index < -0.39 is 5.97 Å². The molecule has 2 heterocycles. The minimum Gasteiger partial charge on any atom is -0.476 e. The fourth-order valence-corrected chi connectivity index (χ4v) is 2.16. The Morgan fingerprint density at radius 1 is 1.11 bits per heavy atom. The van der Waals surface area contributed by atoms with Crippen LogP contribution in [-0.4, -0.2) is 20.5 Å². The first-order chi connectivity index (χ1) is 9.25. The van der Waals surface area contributed by atoms with Crippen LogP contribution in [0, 0.1) is 0 Å². The van der Waals surface area contributed by atoms with Gasteiger partial charge in [0.1, 0.15) is 5.82 Å². The van der Waals surface area contributed by atoms with E-state index in [1.807, 2.05) is 53.1 Å². The molecule has 4 nitrogen and oxygen atoms in total. The lowest BCUT2D eigenvalue weighted by Gasteiger charge is -2.00. The van der Waals surface area contributed by atoms with E-state index in [0.717, 1.165) is 11.4 Å². The third kappa shape index (κ3) is 2.08. The summed E-state index contributed by atoms with van der Waals surface area (Å²) in [6.45, 7) is 0. The van der Waals surface area contributed by atoms with Crippen LogP contribution in [0.15, 0.2) is 54.7 Å². The molecule has 0 saturated carbocycles. The number of aromatic nitrogens is 2. The number of hydrogen-bond acceptors (Lipinski definition) is 2. The van der Waals surface area contributed by atoms with Crippen LogP contribution in [0.5, 0.6) is 0 Å². The van der Waals surface area contributed by atoms with Gasteiger partial charge in [0, 0.05) is 12.6 Å². The highest BCUT2D eigenvalue weighted by molar-refractivity contribution is 5.93. The van der Waals surface area contributed by atoms with Gasteiger partial charge < -0.3 is 9.51 Å². The second-order valence-corrected chi connectivity index (χ2v) is 4.30. The normalized spacial score (nSPS) is 10.7. The van der Waals surface area contributed by atoms with Crippen LogP contribution in [-0.2, 0) is 6.42 Å². The maximum absolute atomic E-state index is 11.2. The Balaban J connectivity index is 2.11. The first kappa shape index (κ1) is 11.5. The maximum Gasteiger partial charge on any atom is 0.356 e. The predicted octanol–water partition coefficient (Wildman–Crippen LogP) is 2.62. The van der Waals surface area contributed by atoms with Gasteiger partial charge in [-0.05, 0) is 17.7 Å². The number of aromatic carboxylic acids is 1. The minimum absolute atomic E-state index is 0.103. The average Bonchev–Trinajstić information content (AvgIpc) is 2.79. The van der Waals surface area contributed by atoms with E-state index in [4.69, 9.17) is 0 Å². The van der Waals surface area contributed by atoms with Gasteiger partial charge in [-0.2, -0.15) is 0 Å². The van der Waals surface area contributed by atoms with Crippen LogP contribution in [0.3, 0.4) is 0 Å². The standard InChI is InChI=1S/C15H12N2O2/c18-15(19)14-12-8-4-5-9-17(12)13(16-14)10-11-6-2-1-3-7-11/h1-9H,10H2,(H,18,19). The lowest BCUT2D eigenvalue weighted by molar-refractivity contribution is 0.0693. The van der Waals surface area contributed by atoms with Crippen molar-refractivity contribution in [1.82, 2.24) is 9.38 Å². The van der Waals surface area contributed by atoms with Gasteiger partial charge in [-0.1, -0.05) is 36.4 Å². The Hall–Kier alpha value is -2.62. The van der Waals surface area contributed by atoms with E-state index in [9.17, 15) is 9.90 Å². The van der Waals surface area contributed by atoms with E-state index in [2.05, 4.69) is 4.98 Å². The Morgan fingerprint density at radius 2 is 1.84 bits per heavy atom. The van der Waals surface area contributed by atoms with Gasteiger partial charge in [-0.3, -0.25) is 0 Å². The van der Waals surface area contributed by atoms with Crippen LogP contribution < -0.4 is 0 Å². The highest BCUT2D eigenvalue weighted by Crippen LogP contribution is 2.16. The second-order valence-electron chi connectivity index (χ2n) is 4.30. The molecule has 3 aromatic rings. The summed E-state index contributed by atoms with van der Waals surface area (Å²) < 4.78 is 1.83. The Labute approximate surface area is 110 Å². The van der Waals surface area contributed by atoms with E-state index in [1.54, 1.807) is 6.07 Å². The van der Waals surface area contributed by atoms with Crippen molar-refractivity contribution in [2.24, 2.45) is 0 Å². The van der Waals surface area contributed by atoms with Crippen molar-refractivity contribution in [1.29, 1.82) is 0 Å². The zero-order valence-corrected chi connectivity index (χ0v) is 10.2. The van der Waals surface area contributed by atoms with Gasteiger partial charge in [-0.15, -0.1) is 0 Å². The molecule has 0 aliphatic heterocycles. The molecule has 0 fully saturated rings. The fraction of sp³-hybridized carbons (Fsp3) is 0.0667. The van der Waals surface area contributed by atoms with Gasteiger partial charge >= 0.3 is 5.97 Å². The Morgan fingerprint density at radius 3 is 2.58 bits per heavy atom. The molecule has 0 atom stereocenters. The van der Waals surface area contributed by atoms with Crippen molar-refractivity contribution in [2.75, 3.05) is 0 Å². The first-order valence-electron chi connectivity index (χ1n) is 5.99. The molecular formula is C15H12N2O2. The third-order valence-electron chi connectivity index (χ3n) is 3.03. The molecule has 2 aromatic heterocycles. The van der Waals surface area contributed by atoms with Crippen molar-refractivity contribution < 1.29 is 9.90 Å². The van der Waals surface area contributed by atoms with Crippen molar-refractivity contribution in [3.8, 4) is 0 Å². The number of imidazole rings is 1. The van der Waals surface area contributed by atoms with Gasteiger partial charge in [0.25, 0.3) is 0 Å². The molecule has 3 rings (SSSR count). The van der Waals surface area contributed by atoms with Crippen molar-refractivity contribution in [2.45, 2.75) is 6.42 Å². The van der Waals surface area contributed by atoms with Gasteiger partial charge in [-0.25, -0.2) is 9.78 Å². The first-order valence-corrected chi connectivity index (χ1v) is 5.99. The summed E-state index contributed by atoms with van der Waals surface area (Å²) in [5.74, 6) is -0.262. The molecule has 1 N–H and O–H groups in total. The summed E-state index contributed by atoms with van der Waals surface area (Å²) in [4.78, 5) is 15.5. The van der Waals surface area contributed by atoms with Crippen LogP contribution in [0.25, 0.3) is 5.52 Å². The second kappa shape index (κ2) is 4.57. The average molecular weight is 252 g/mol. The predicted molar refractivity (Wildman–Crippen MR) is 71.4 cm³/mol. The Kier molecular flexibility index (Phi) is 2.76. The van der Waals surface area contributed by atoms with Gasteiger partial charge in [0.15, 0.2) is 5.69 Å². The molecule has 4 heteroatoms. The van der Waals surface area contributed by atoms with Crippen LogP contribution >= 0.6 is 0 Å². The number of benzene rings is 1. The Bertz CT molecular complexity index is 732. The smallest absolute Gasteiger partial charge is 0.356 e. The van der Waals surface area contributed by atoms with E-state index in [-0.39, 0.29) is 5.69 Å². The lowest BCUT2D eigenvalue weighted by Crippen LogP contribution is -1.97. The molecule has 0 spiro atoms. The molecule has 0 saturated heterocycles. The molecule has 1 aromatic carbocycles. The van der Waals surface area contributed by atoms with E-state index >= 15 is 0 Å². The summed E-state index contributed by atoms with van der Waals surface area (Å²) in [7, 11) is 0. The molecule has 0 bridgehead atoms. The number of carboxylic acids is 1. The number of carbonyl (C=O) groups is 1. The topological polar surface area (TPSA) is 54.6 Å². The molecule has 94 valence electrons. The molecule has 0 amide bonds. The number of fused-ring (bicyclic) bond motifs is 1.